The molecule has 0 spiro atoms. The van der Waals surface area contributed by atoms with Gasteiger partial charge in [0.25, 0.3) is 0 Å². The van der Waals surface area contributed by atoms with Crippen LogP contribution in [0.2, 0.25) is 0 Å². The summed E-state index contributed by atoms with van der Waals surface area (Å²) in [5, 5.41) is 3.20. The fourth-order valence-corrected chi connectivity index (χ4v) is 1.78. The van der Waals surface area contributed by atoms with Crippen molar-refractivity contribution in [1.29, 1.82) is 0 Å². The first kappa shape index (κ1) is 11.0. The Morgan fingerprint density at radius 1 is 1.19 bits per heavy atom. The SMILES string of the molecule is Cc1cc(C)c(OCC2=NCCN2)cc1C. The number of amidine groups is 1. The number of aryl methyl sites for hydroxylation is 3. The number of nitrogens with one attached hydrogen (secondary N) is 1. The highest BCUT2D eigenvalue weighted by Crippen LogP contribution is 2.22. The van der Waals surface area contributed by atoms with E-state index in [0.717, 1.165) is 24.7 Å². The Bertz CT molecular complexity index is 424. The lowest BCUT2D eigenvalue weighted by Crippen LogP contribution is -2.25. The molecule has 1 N–H and O–H groups in total. The summed E-state index contributed by atoms with van der Waals surface area (Å²) in [6.07, 6.45) is 0. The van der Waals surface area contributed by atoms with Crippen LogP contribution in [-0.2, 0) is 0 Å². The summed E-state index contributed by atoms with van der Waals surface area (Å²) in [4.78, 5) is 4.30. The molecule has 0 saturated carbocycles. The quantitative estimate of drug-likeness (QED) is 0.841. The Morgan fingerprint density at radius 2 is 1.94 bits per heavy atom. The molecule has 1 aliphatic heterocycles. The minimum Gasteiger partial charge on any atom is -0.485 e. The molecule has 1 aromatic carbocycles. The Hall–Kier alpha value is -1.51. The average Bonchev–Trinajstić information content (AvgIpc) is 2.74. The van der Waals surface area contributed by atoms with Crippen molar-refractivity contribution >= 4 is 5.84 Å². The standard InChI is InChI=1S/C13H18N2O/c1-9-6-11(3)12(7-10(9)2)16-8-13-14-4-5-15-13/h6-7H,4-5,8H2,1-3H3,(H,14,15). The maximum absolute atomic E-state index is 5.76. The highest BCUT2D eigenvalue weighted by molar-refractivity contribution is 5.85. The Labute approximate surface area is 96.5 Å². The number of ether oxygens (including phenoxy) is 1. The molecule has 0 fully saturated rings. The van der Waals surface area contributed by atoms with Gasteiger partial charge in [-0.1, -0.05) is 6.07 Å². The lowest BCUT2D eigenvalue weighted by molar-refractivity contribution is 0.370. The van der Waals surface area contributed by atoms with Gasteiger partial charge in [-0.15, -0.1) is 0 Å². The first-order valence-corrected chi connectivity index (χ1v) is 5.64. The number of benzene rings is 1. The molecule has 86 valence electrons. The van der Waals surface area contributed by atoms with E-state index in [1.54, 1.807) is 0 Å². The van der Waals surface area contributed by atoms with E-state index in [1.807, 2.05) is 0 Å². The van der Waals surface area contributed by atoms with Crippen LogP contribution in [0, 0.1) is 20.8 Å². The highest BCUT2D eigenvalue weighted by atomic mass is 16.5. The second-order valence-electron chi connectivity index (χ2n) is 4.25. The van der Waals surface area contributed by atoms with Crippen LogP contribution in [0.25, 0.3) is 0 Å². The maximum atomic E-state index is 5.76. The van der Waals surface area contributed by atoms with Crippen LogP contribution in [-0.4, -0.2) is 25.5 Å². The van der Waals surface area contributed by atoms with Gasteiger partial charge in [0.2, 0.25) is 0 Å². The van der Waals surface area contributed by atoms with E-state index in [1.165, 1.54) is 16.7 Å². The molecule has 1 heterocycles. The Balaban J connectivity index is 2.06. The fourth-order valence-electron chi connectivity index (χ4n) is 1.78. The van der Waals surface area contributed by atoms with E-state index in [9.17, 15) is 0 Å². The van der Waals surface area contributed by atoms with Gasteiger partial charge in [-0.05, 0) is 43.5 Å². The van der Waals surface area contributed by atoms with E-state index < -0.39 is 0 Å². The second kappa shape index (κ2) is 4.56. The zero-order valence-corrected chi connectivity index (χ0v) is 10.1. The summed E-state index contributed by atoms with van der Waals surface area (Å²) >= 11 is 0. The van der Waals surface area contributed by atoms with E-state index >= 15 is 0 Å². The monoisotopic (exact) mass is 218 g/mol. The predicted octanol–water partition coefficient (Wildman–Crippen LogP) is 1.99. The van der Waals surface area contributed by atoms with Gasteiger partial charge in [0, 0.05) is 6.54 Å². The summed E-state index contributed by atoms with van der Waals surface area (Å²) in [6.45, 7) is 8.64. The van der Waals surface area contributed by atoms with E-state index in [-0.39, 0.29) is 0 Å². The smallest absolute Gasteiger partial charge is 0.145 e. The summed E-state index contributed by atoms with van der Waals surface area (Å²) in [7, 11) is 0. The van der Waals surface area contributed by atoms with Gasteiger partial charge in [-0.2, -0.15) is 0 Å². The minimum absolute atomic E-state index is 0.545. The Morgan fingerprint density at radius 3 is 2.62 bits per heavy atom. The molecule has 0 aliphatic carbocycles. The van der Waals surface area contributed by atoms with Crippen molar-refractivity contribution in [1.82, 2.24) is 5.32 Å². The summed E-state index contributed by atoms with van der Waals surface area (Å²) < 4.78 is 5.76. The number of hydrogen-bond donors (Lipinski definition) is 1. The molecule has 1 aromatic rings. The topological polar surface area (TPSA) is 33.6 Å². The first-order chi connectivity index (χ1) is 7.66. The molecule has 0 aromatic heterocycles. The van der Waals surface area contributed by atoms with E-state index in [0.29, 0.717) is 6.61 Å². The molecule has 3 heteroatoms. The van der Waals surface area contributed by atoms with Gasteiger partial charge in [-0.3, -0.25) is 4.99 Å². The second-order valence-corrected chi connectivity index (χ2v) is 4.25. The van der Waals surface area contributed by atoms with Crippen LogP contribution in [0.3, 0.4) is 0 Å². The molecule has 0 atom stereocenters. The van der Waals surface area contributed by atoms with Gasteiger partial charge in [0.15, 0.2) is 0 Å². The van der Waals surface area contributed by atoms with Gasteiger partial charge in [0.1, 0.15) is 18.2 Å². The largest absolute Gasteiger partial charge is 0.485 e. The molecule has 16 heavy (non-hydrogen) atoms. The van der Waals surface area contributed by atoms with Gasteiger partial charge in [0.05, 0.1) is 6.54 Å². The van der Waals surface area contributed by atoms with Crippen molar-refractivity contribution in [3.05, 3.63) is 28.8 Å². The summed E-state index contributed by atoms with van der Waals surface area (Å²) in [5.41, 5.74) is 3.75. The van der Waals surface area contributed by atoms with Crippen molar-refractivity contribution in [2.45, 2.75) is 20.8 Å². The van der Waals surface area contributed by atoms with Gasteiger partial charge in [-0.25, -0.2) is 0 Å². The number of aliphatic imine (C=N–C) groups is 1. The Kier molecular flexibility index (Phi) is 3.13. The zero-order chi connectivity index (χ0) is 11.5. The van der Waals surface area contributed by atoms with E-state index in [4.69, 9.17) is 4.74 Å². The molecule has 0 bridgehead atoms. The van der Waals surface area contributed by atoms with Crippen molar-refractivity contribution in [2.24, 2.45) is 4.99 Å². The summed E-state index contributed by atoms with van der Waals surface area (Å²) in [6, 6.07) is 4.26. The summed E-state index contributed by atoms with van der Waals surface area (Å²) in [5.74, 6) is 1.91. The lowest BCUT2D eigenvalue weighted by Gasteiger charge is -2.11. The molecular formula is C13H18N2O. The van der Waals surface area contributed by atoms with Crippen LogP contribution < -0.4 is 10.1 Å². The lowest BCUT2D eigenvalue weighted by atomic mass is 10.1. The first-order valence-electron chi connectivity index (χ1n) is 5.64. The third-order valence-corrected chi connectivity index (χ3v) is 2.90. The number of rotatable bonds is 3. The average molecular weight is 218 g/mol. The maximum Gasteiger partial charge on any atom is 0.145 e. The van der Waals surface area contributed by atoms with Crippen molar-refractivity contribution in [2.75, 3.05) is 19.7 Å². The normalized spacial score (nSPS) is 14.6. The van der Waals surface area contributed by atoms with Crippen LogP contribution in [0.1, 0.15) is 16.7 Å². The molecule has 0 radical (unpaired) electrons. The molecule has 1 aliphatic rings. The highest BCUT2D eigenvalue weighted by Gasteiger charge is 2.07. The third-order valence-electron chi connectivity index (χ3n) is 2.90. The molecule has 0 saturated heterocycles. The molecular weight excluding hydrogens is 200 g/mol. The van der Waals surface area contributed by atoms with Crippen LogP contribution >= 0.6 is 0 Å². The molecule has 0 unspecified atom stereocenters. The van der Waals surface area contributed by atoms with Crippen LogP contribution in [0.5, 0.6) is 5.75 Å². The van der Waals surface area contributed by atoms with E-state index in [2.05, 4.69) is 43.2 Å². The third kappa shape index (κ3) is 2.35. The van der Waals surface area contributed by atoms with Crippen molar-refractivity contribution in [3.63, 3.8) is 0 Å². The number of nitrogens with zero attached hydrogens (tertiary/aromatic N) is 1. The van der Waals surface area contributed by atoms with Crippen molar-refractivity contribution in [3.8, 4) is 5.75 Å². The molecule has 2 rings (SSSR count). The van der Waals surface area contributed by atoms with Crippen LogP contribution in [0.4, 0.5) is 0 Å². The predicted molar refractivity (Wildman–Crippen MR) is 66.5 cm³/mol. The van der Waals surface area contributed by atoms with Gasteiger partial charge >= 0.3 is 0 Å². The number of hydrogen-bond acceptors (Lipinski definition) is 3. The van der Waals surface area contributed by atoms with Crippen LogP contribution in [0.15, 0.2) is 17.1 Å². The zero-order valence-electron chi connectivity index (χ0n) is 10.1. The molecule has 0 amide bonds. The molecule has 3 nitrogen and oxygen atoms in total. The van der Waals surface area contributed by atoms with Crippen molar-refractivity contribution < 1.29 is 4.74 Å². The minimum atomic E-state index is 0.545. The van der Waals surface area contributed by atoms with Gasteiger partial charge < -0.3 is 10.1 Å². The fraction of sp³-hybridized carbons (Fsp3) is 0.462.